The van der Waals surface area contributed by atoms with E-state index >= 15 is 0 Å². The molecular formula is C35H40ClF3N4O8S. The number of aromatic nitrogens is 2. The van der Waals surface area contributed by atoms with E-state index in [1.54, 1.807) is 68.6 Å². The summed E-state index contributed by atoms with van der Waals surface area (Å²) >= 11 is 6.37. The third-order valence-electron chi connectivity index (χ3n) is 7.19. The topological polar surface area (TPSA) is 152 Å². The van der Waals surface area contributed by atoms with Gasteiger partial charge in [-0.3, -0.25) is 0 Å². The fourth-order valence-electron chi connectivity index (χ4n) is 4.92. The maximum absolute atomic E-state index is 12.9. The Morgan fingerprint density at radius 1 is 0.962 bits per heavy atom. The molecule has 52 heavy (non-hydrogen) atoms. The number of carboxylic acid groups (broad SMARTS) is 1. The largest absolute Gasteiger partial charge is 0.496 e. The van der Waals surface area contributed by atoms with Gasteiger partial charge in [0.25, 0.3) is 10.0 Å². The van der Waals surface area contributed by atoms with Crippen LogP contribution in [-0.2, 0) is 32.6 Å². The lowest BCUT2D eigenvalue weighted by atomic mass is 10.1. The number of carbonyl (C=O) groups is 2. The Bertz CT molecular complexity index is 2110. The molecule has 2 aromatic heterocycles. The lowest BCUT2D eigenvalue weighted by molar-refractivity contribution is -0.192. The number of aliphatic carboxylic acids is 1. The first-order valence-corrected chi connectivity index (χ1v) is 17.3. The van der Waals surface area contributed by atoms with E-state index in [2.05, 4.69) is 10.3 Å². The average molecular weight is 769 g/mol. The zero-order valence-electron chi connectivity index (χ0n) is 29.5. The highest BCUT2D eigenvalue weighted by Gasteiger charge is 2.38. The zero-order valence-corrected chi connectivity index (χ0v) is 31.0. The van der Waals surface area contributed by atoms with Gasteiger partial charge < -0.3 is 34.5 Å². The Kier molecular flexibility index (Phi) is 13.6. The van der Waals surface area contributed by atoms with Crippen LogP contribution in [0, 0.1) is 0 Å². The molecule has 0 bridgehead atoms. The monoisotopic (exact) mass is 768 g/mol. The van der Waals surface area contributed by atoms with E-state index in [0.29, 0.717) is 34.8 Å². The van der Waals surface area contributed by atoms with Crippen molar-refractivity contribution in [3.05, 3.63) is 89.2 Å². The van der Waals surface area contributed by atoms with Crippen LogP contribution < -0.4 is 14.8 Å². The van der Waals surface area contributed by atoms with Crippen LogP contribution in [0.25, 0.3) is 21.8 Å². The number of methoxy groups -OCH3 is 2. The molecule has 1 amide bonds. The van der Waals surface area contributed by atoms with Gasteiger partial charge in [0, 0.05) is 53.4 Å². The van der Waals surface area contributed by atoms with E-state index in [9.17, 15) is 26.4 Å². The Hall–Kier alpha value is -4.93. The summed E-state index contributed by atoms with van der Waals surface area (Å²) in [5, 5.41) is 12.3. The molecule has 0 aliphatic rings. The molecule has 5 rings (SSSR count). The Morgan fingerprint density at radius 2 is 1.54 bits per heavy atom. The van der Waals surface area contributed by atoms with Crippen molar-refractivity contribution in [2.24, 2.45) is 0 Å². The van der Waals surface area contributed by atoms with Gasteiger partial charge in [-0.25, -0.2) is 22.0 Å². The zero-order chi connectivity index (χ0) is 39.0. The van der Waals surface area contributed by atoms with E-state index < -0.39 is 27.8 Å². The van der Waals surface area contributed by atoms with E-state index in [1.807, 2.05) is 52.2 Å². The number of halogens is 4. The predicted octanol–water partition coefficient (Wildman–Crippen LogP) is 7.44. The lowest BCUT2D eigenvalue weighted by Crippen LogP contribution is -2.33. The number of H-pyrrole nitrogens is 1. The molecule has 0 unspecified atom stereocenters. The second-order valence-electron chi connectivity index (χ2n) is 12.1. The minimum absolute atomic E-state index is 0.213. The van der Waals surface area contributed by atoms with Gasteiger partial charge in [-0.15, -0.1) is 0 Å². The second-order valence-corrected chi connectivity index (χ2v) is 14.3. The third kappa shape index (κ3) is 10.1. The Labute approximate surface area is 304 Å². The summed E-state index contributed by atoms with van der Waals surface area (Å²) in [5.41, 5.74) is 2.82. The molecule has 17 heteroatoms. The fourth-order valence-corrected chi connectivity index (χ4v) is 6.67. The van der Waals surface area contributed by atoms with Gasteiger partial charge in [0.15, 0.2) is 0 Å². The number of hydrogen-bond donors (Lipinski definition) is 3. The molecule has 0 aliphatic heterocycles. The number of benzene rings is 3. The maximum Gasteiger partial charge on any atom is 0.490 e. The van der Waals surface area contributed by atoms with Gasteiger partial charge in [-0.1, -0.05) is 29.8 Å². The van der Waals surface area contributed by atoms with Crippen LogP contribution in [0.1, 0.15) is 31.9 Å². The Balaban J connectivity index is 0.000000239. The van der Waals surface area contributed by atoms with Crippen LogP contribution in [0.15, 0.2) is 78.0 Å². The smallest absolute Gasteiger partial charge is 0.490 e. The summed E-state index contributed by atoms with van der Waals surface area (Å²) in [6.45, 7) is 6.49. The van der Waals surface area contributed by atoms with Crippen LogP contribution in [0.2, 0.25) is 5.02 Å². The van der Waals surface area contributed by atoms with Crippen molar-refractivity contribution in [2.75, 3.05) is 28.3 Å². The SMILES string of the molecule is CNCc1c(OC)ccc2c1c(Cl)cn2S(=O)(=O)c1ccccc1.COc1ccc2[nH]ccc2c1CN(C)C(=O)OC(C)(C)C.O=C(O)C(F)(F)F. The van der Waals surface area contributed by atoms with Crippen LogP contribution in [0.3, 0.4) is 0 Å². The highest BCUT2D eigenvalue weighted by molar-refractivity contribution is 7.90. The number of ether oxygens (including phenoxy) is 3. The van der Waals surface area contributed by atoms with E-state index in [0.717, 1.165) is 27.8 Å². The minimum Gasteiger partial charge on any atom is -0.496 e. The van der Waals surface area contributed by atoms with Gasteiger partial charge in [-0.2, -0.15) is 13.2 Å². The summed E-state index contributed by atoms with van der Waals surface area (Å²) in [5.74, 6) is -1.33. The van der Waals surface area contributed by atoms with Crippen LogP contribution in [0.5, 0.6) is 11.5 Å². The molecule has 282 valence electrons. The molecule has 0 saturated heterocycles. The molecule has 0 atom stereocenters. The van der Waals surface area contributed by atoms with Crippen molar-refractivity contribution in [3.63, 3.8) is 0 Å². The summed E-state index contributed by atoms with van der Waals surface area (Å²) in [6.07, 6.45) is -2.12. The summed E-state index contributed by atoms with van der Waals surface area (Å²) < 4.78 is 75.0. The van der Waals surface area contributed by atoms with Crippen molar-refractivity contribution in [1.29, 1.82) is 0 Å². The second kappa shape index (κ2) is 17.1. The van der Waals surface area contributed by atoms with Crippen LogP contribution in [-0.4, -0.2) is 79.5 Å². The van der Waals surface area contributed by atoms with Crippen molar-refractivity contribution < 1.29 is 50.5 Å². The van der Waals surface area contributed by atoms with Gasteiger partial charge in [0.2, 0.25) is 0 Å². The first kappa shape index (κ1) is 41.5. The van der Waals surface area contributed by atoms with Gasteiger partial charge in [0.05, 0.1) is 36.2 Å². The van der Waals surface area contributed by atoms with E-state index in [-0.39, 0.29) is 11.0 Å². The van der Waals surface area contributed by atoms with Crippen LogP contribution >= 0.6 is 11.6 Å². The quantitative estimate of drug-likeness (QED) is 0.146. The van der Waals surface area contributed by atoms with E-state index in [1.165, 1.54) is 10.2 Å². The molecule has 0 aliphatic carbocycles. The average Bonchev–Trinajstić information content (AvgIpc) is 3.70. The molecule has 0 fully saturated rings. The molecule has 0 radical (unpaired) electrons. The van der Waals surface area contributed by atoms with Crippen molar-refractivity contribution in [1.82, 2.24) is 19.2 Å². The molecule has 3 aromatic carbocycles. The van der Waals surface area contributed by atoms with E-state index in [4.69, 9.17) is 35.7 Å². The normalized spacial score (nSPS) is 11.6. The summed E-state index contributed by atoms with van der Waals surface area (Å²) in [7, 11) is 3.01. The summed E-state index contributed by atoms with van der Waals surface area (Å²) in [6, 6.07) is 17.6. The standard InChI is InChI=1S/C17H17ClN2O3S.C16H22N2O3.C2HF3O2/c1-19-10-13-16(23-2)9-8-15-17(13)14(18)11-20(15)24(21,22)12-6-4-3-5-7-12;1-16(2,3)21-15(19)18(4)10-12-11-8-9-17-13(11)6-7-14(12)20-5;3-2(4,5)1(6)7/h3-9,11,19H,10H2,1-2H3;6-9,17H,10H2,1-5H3;(H,6,7). The van der Waals surface area contributed by atoms with Crippen molar-refractivity contribution in [2.45, 2.75) is 50.5 Å². The number of aromatic amines is 1. The highest BCUT2D eigenvalue weighted by atomic mass is 35.5. The molecule has 3 N–H and O–H groups in total. The first-order chi connectivity index (χ1) is 24.3. The van der Waals surface area contributed by atoms with Crippen LogP contribution in [0.4, 0.5) is 18.0 Å². The molecule has 0 spiro atoms. The maximum atomic E-state index is 12.9. The fraction of sp³-hybridized carbons (Fsp3) is 0.314. The lowest BCUT2D eigenvalue weighted by Gasteiger charge is -2.25. The van der Waals surface area contributed by atoms with Gasteiger partial charge in [-0.05, 0) is 70.3 Å². The number of fused-ring (bicyclic) bond motifs is 2. The van der Waals surface area contributed by atoms with Crippen molar-refractivity contribution >= 4 is 55.5 Å². The summed E-state index contributed by atoms with van der Waals surface area (Å²) in [4.78, 5) is 25.9. The number of nitrogens with one attached hydrogen (secondary N) is 2. The minimum atomic E-state index is -5.08. The molecule has 0 saturated carbocycles. The number of hydrogen-bond acceptors (Lipinski definition) is 8. The number of amides is 1. The third-order valence-corrected chi connectivity index (χ3v) is 9.17. The molecule has 5 aromatic rings. The number of carbonyl (C=O) groups excluding carboxylic acids is 1. The molecular weight excluding hydrogens is 729 g/mol. The highest BCUT2D eigenvalue weighted by Crippen LogP contribution is 2.36. The number of alkyl halides is 3. The van der Waals surface area contributed by atoms with Crippen molar-refractivity contribution in [3.8, 4) is 11.5 Å². The Morgan fingerprint density at radius 3 is 2.08 bits per heavy atom. The first-order valence-electron chi connectivity index (χ1n) is 15.5. The number of rotatable bonds is 8. The van der Waals surface area contributed by atoms with Gasteiger partial charge >= 0.3 is 18.2 Å². The predicted molar refractivity (Wildman–Crippen MR) is 192 cm³/mol. The number of nitrogens with zero attached hydrogens (tertiary/aromatic N) is 2. The molecule has 2 heterocycles. The molecule has 12 nitrogen and oxygen atoms in total. The van der Waals surface area contributed by atoms with Gasteiger partial charge in [0.1, 0.15) is 17.1 Å². The number of carboxylic acids is 1.